The van der Waals surface area contributed by atoms with Gasteiger partial charge in [0.15, 0.2) is 6.79 Å². The normalized spacial score (nSPS) is 13.9. The molecule has 0 radical (unpaired) electrons. The molecule has 12 heteroatoms. The van der Waals surface area contributed by atoms with Crippen LogP contribution in [-0.4, -0.2) is 32.9 Å². The number of thiophene rings is 1. The molecule has 1 aliphatic heterocycles. The molecule has 10 nitrogen and oxygen atoms in total. The summed E-state index contributed by atoms with van der Waals surface area (Å²) in [4.78, 5) is 44.6. The number of hydrogen-bond acceptors (Lipinski definition) is 10. The minimum absolute atomic E-state index is 0.0247. The molecule has 33 heavy (non-hydrogen) atoms. The van der Waals surface area contributed by atoms with Gasteiger partial charge in [-0.05, 0) is 26.3 Å². The van der Waals surface area contributed by atoms with Crippen LogP contribution in [0.4, 0.5) is 5.69 Å². The molecule has 0 saturated carbocycles. The van der Waals surface area contributed by atoms with Crippen LogP contribution >= 0.6 is 23.1 Å². The molecular weight excluding hydrogens is 470 g/mol. The van der Waals surface area contributed by atoms with Crippen LogP contribution in [-0.2, 0) is 33.2 Å². The zero-order valence-corrected chi connectivity index (χ0v) is 19.8. The Labute approximate surface area is 196 Å². The number of H-pyrrole nitrogens is 1. The maximum absolute atomic E-state index is 12.5. The van der Waals surface area contributed by atoms with Crippen LogP contribution in [0.1, 0.15) is 34.3 Å². The predicted octanol–water partition coefficient (Wildman–Crippen LogP) is 3.74. The van der Waals surface area contributed by atoms with Gasteiger partial charge in [0, 0.05) is 28.1 Å². The molecule has 0 amide bonds. The SMILES string of the molecule is Cc1sc2nc(CS[C@H](C)C(=O)OCc3cc([N+](=O)[O-])cc4c3OCOC4)[nH]c(=O)c2c1C. The van der Waals surface area contributed by atoms with Crippen molar-refractivity contribution in [3.05, 3.63) is 60.0 Å². The number of carbonyl (C=O) groups excluding carboxylic acids is 1. The smallest absolute Gasteiger partial charge is 0.319 e. The topological polar surface area (TPSA) is 134 Å². The number of rotatable bonds is 7. The molecule has 0 spiro atoms. The predicted molar refractivity (Wildman–Crippen MR) is 124 cm³/mol. The van der Waals surface area contributed by atoms with Crippen molar-refractivity contribution in [3.63, 3.8) is 0 Å². The number of thioether (sulfide) groups is 1. The standard InChI is InChI=1S/C21H21N3O7S2/c1-10-11(2)33-20-17(10)19(25)22-16(23-20)8-32-12(3)21(26)30-7-14-5-15(24(27)28)4-13-6-29-9-31-18(13)14/h4-5,12H,6-9H2,1-3H3,(H,22,23,25)/t12-/m1/s1. The fourth-order valence-electron chi connectivity index (χ4n) is 3.40. The fraction of sp³-hybridized carbons (Fsp3) is 0.381. The Morgan fingerprint density at radius 1 is 1.42 bits per heavy atom. The number of carbonyl (C=O) groups is 1. The Kier molecular flexibility index (Phi) is 6.68. The maximum Gasteiger partial charge on any atom is 0.319 e. The van der Waals surface area contributed by atoms with E-state index >= 15 is 0 Å². The molecule has 0 fully saturated rings. The highest BCUT2D eigenvalue weighted by molar-refractivity contribution is 7.99. The fourth-order valence-corrected chi connectivity index (χ4v) is 5.20. The van der Waals surface area contributed by atoms with Crippen LogP contribution in [0.3, 0.4) is 0 Å². The van der Waals surface area contributed by atoms with Gasteiger partial charge in [-0.25, -0.2) is 4.98 Å². The van der Waals surface area contributed by atoms with E-state index in [1.54, 1.807) is 6.92 Å². The molecule has 4 rings (SSSR count). The van der Waals surface area contributed by atoms with Crippen molar-refractivity contribution < 1.29 is 23.9 Å². The van der Waals surface area contributed by atoms with Gasteiger partial charge in [-0.2, -0.15) is 0 Å². The highest BCUT2D eigenvalue weighted by Gasteiger charge is 2.23. The van der Waals surface area contributed by atoms with E-state index in [4.69, 9.17) is 14.2 Å². The molecule has 1 atom stereocenters. The summed E-state index contributed by atoms with van der Waals surface area (Å²) < 4.78 is 16.0. The van der Waals surface area contributed by atoms with E-state index in [2.05, 4.69) is 9.97 Å². The first-order chi connectivity index (χ1) is 15.7. The third-order valence-corrected chi connectivity index (χ3v) is 7.48. The minimum Gasteiger partial charge on any atom is -0.467 e. The lowest BCUT2D eigenvalue weighted by Crippen LogP contribution is -2.19. The van der Waals surface area contributed by atoms with Crippen LogP contribution in [0.25, 0.3) is 10.2 Å². The lowest BCUT2D eigenvalue weighted by atomic mass is 10.1. The first kappa shape index (κ1) is 23.2. The first-order valence-corrected chi connectivity index (χ1v) is 11.9. The number of nitro groups is 1. The van der Waals surface area contributed by atoms with Crippen LogP contribution in [0, 0.1) is 24.0 Å². The third kappa shape index (κ3) is 4.87. The quantitative estimate of drug-likeness (QED) is 0.298. The number of aromatic nitrogens is 2. The molecule has 3 aromatic rings. The second-order valence-corrected chi connectivity index (χ2v) is 10.0. The van der Waals surface area contributed by atoms with Crippen molar-refractivity contribution in [2.75, 3.05) is 6.79 Å². The number of nitro benzene ring substituents is 1. The molecule has 174 valence electrons. The van der Waals surface area contributed by atoms with E-state index < -0.39 is 16.1 Å². The number of aryl methyl sites for hydroxylation is 2. The highest BCUT2D eigenvalue weighted by Crippen LogP contribution is 2.33. The number of ether oxygens (including phenoxy) is 3. The summed E-state index contributed by atoms with van der Waals surface area (Å²) in [6.45, 7) is 5.58. The molecule has 0 saturated heterocycles. The number of fused-ring (bicyclic) bond motifs is 2. The number of benzene rings is 1. The monoisotopic (exact) mass is 491 g/mol. The Hall–Kier alpha value is -2.96. The number of nitrogens with one attached hydrogen (secondary N) is 1. The van der Waals surface area contributed by atoms with Gasteiger partial charge < -0.3 is 19.2 Å². The molecule has 0 bridgehead atoms. The minimum atomic E-state index is -0.545. The average Bonchev–Trinajstić information content (AvgIpc) is 3.08. The van der Waals surface area contributed by atoms with E-state index in [0.717, 1.165) is 10.4 Å². The highest BCUT2D eigenvalue weighted by atomic mass is 32.2. The molecule has 0 unspecified atom stereocenters. The molecule has 1 aliphatic rings. The van der Waals surface area contributed by atoms with Gasteiger partial charge in [0.2, 0.25) is 0 Å². The Balaban J connectivity index is 1.41. The Morgan fingerprint density at radius 3 is 2.97 bits per heavy atom. The van der Waals surface area contributed by atoms with Crippen LogP contribution in [0.15, 0.2) is 16.9 Å². The van der Waals surface area contributed by atoms with Gasteiger partial charge in [0.05, 0.1) is 22.7 Å². The van der Waals surface area contributed by atoms with Crippen molar-refractivity contribution in [2.45, 2.75) is 45.0 Å². The van der Waals surface area contributed by atoms with Crippen molar-refractivity contribution in [3.8, 4) is 5.75 Å². The summed E-state index contributed by atoms with van der Waals surface area (Å²) in [6, 6.07) is 2.73. The summed E-state index contributed by atoms with van der Waals surface area (Å²) in [5.41, 5.74) is 1.56. The third-order valence-electron chi connectivity index (χ3n) is 5.24. The second kappa shape index (κ2) is 9.49. The first-order valence-electron chi connectivity index (χ1n) is 10.0. The van der Waals surface area contributed by atoms with Crippen LogP contribution < -0.4 is 10.3 Å². The van der Waals surface area contributed by atoms with Crippen molar-refractivity contribution in [1.82, 2.24) is 9.97 Å². The number of nitrogens with zero attached hydrogens (tertiary/aromatic N) is 2. The molecule has 1 aromatic carbocycles. The van der Waals surface area contributed by atoms with E-state index in [0.29, 0.717) is 38.7 Å². The Bertz CT molecular complexity index is 1300. The number of hydrogen-bond donors (Lipinski definition) is 1. The van der Waals surface area contributed by atoms with Crippen molar-refractivity contribution in [1.29, 1.82) is 0 Å². The summed E-state index contributed by atoms with van der Waals surface area (Å²) >= 11 is 2.74. The van der Waals surface area contributed by atoms with E-state index in [9.17, 15) is 19.7 Å². The van der Waals surface area contributed by atoms with E-state index in [-0.39, 0.29) is 31.3 Å². The largest absolute Gasteiger partial charge is 0.467 e. The zero-order chi connectivity index (χ0) is 23.7. The average molecular weight is 492 g/mol. The second-order valence-electron chi connectivity index (χ2n) is 7.50. The van der Waals surface area contributed by atoms with Crippen molar-refractivity contribution >= 4 is 45.0 Å². The molecule has 3 heterocycles. The van der Waals surface area contributed by atoms with Gasteiger partial charge in [0.1, 0.15) is 28.3 Å². The zero-order valence-electron chi connectivity index (χ0n) is 18.1. The van der Waals surface area contributed by atoms with Gasteiger partial charge in [-0.3, -0.25) is 19.7 Å². The Morgan fingerprint density at radius 2 is 2.21 bits per heavy atom. The van der Waals surface area contributed by atoms with Gasteiger partial charge in [-0.15, -0.1) is 23.1 Å². The number of esters is 1. The molecule has 1 N–H and O–H groups in total. The van der Waals surface area contributed by atoms with Gasteiger partial charge >= 0.3 is 5.97 Å². The van der Waals surface area contributed by atoms with Crippen LogP contribution in [0.2, 0.25) is 0 Å². The van der Waals surface area contributed by atoms with Gasteiger partial charge in [0.25, 0.3) is 11.2 Å². The summed E-state index contributed by atoms with van der Waals surface area (Å²) in [5.74, 6) is 0.763. The summed E-state index contributed by atoms with van der Waals surface area (Å²) in [7, 11) is 0. The lowest BCUT2D eigenvalue weighted by molar-refractivity contribution is -0.385. The summed E-state index contributed by atoms with van der Waals surface area (Å²) in [6.07, 6.45) is 0. The van der Waals surface area contributed by atoms with Crippen LogP contribution in [0.5, 0.6) is 5.75 Å². The van der Waals surface area contributed by atoms with E-state index in [1.807, 2.05) is 13.8 Å². The molecular formula is C21H21N3O7S2. The maximum atomic E-state index is 12.5. The lowest BCUT2D eigenvalue weighted by Gasteiger charge is -2.20. The van der Waals surface area contributed by atoms with Gasteiger partial charge in [-0.1, -0.05) is 0 Å². The van der Waals surface area contributed by atoms with E-state index in [1.165, 1.54) is 35.2 Å². The number of non-ortho nitro benzene ring substituents is 1. The summed E-state index contributed by atoms with van der Waals surface area (Å²) in [5, 5.41) is 11.3. The molecule has 2 aromatic heterocycles. The van der Waals surface area contributed by atoms with Crippen molar-refractivity contribution in [2.24, 2.45) is 0 Å². The molecule has 0 aliphatic carbocycles. The number of aromatic amines is 1.